The molecule has 1 atom stereocenters. The van der Waals surface area contributed by atoms with Gasteiger partial charge in [-0.2, -0.15) is 0 Å². The van der Waals surface area contributed by atoms with E-state index in [1.165, 1.54) is 0 Å². The van der Waals surface area contributed by atoms with E-state index >= 15 is 0 Å². The molecule has 0 saturated heterocycles. The highest BCUT2D eigenvalue weighted by Gasteiger charge is 2.15. The molecule has 0 bridgehead atoms. The summed E-state index contributed by atoms with van der Waals surface area (Å²) in [7, 11) is 0. The average molecular weight is 216 g/mol. The van der Waals surface area contributed by atoms with Crippen LogP contribution in [0.4, 0.5) is 0 Å². The lowest BCUT2D eigenvalue weighted by Gasteiger charge is -2.01. The molecular formula is C7H6BrNO2. The van der Waals surface area contributed by atoms with E-state index in [0.717, 1.165) is 0 Å². The molecule has 0 spiro atoms. The monoisotopic (exact) mass is 215 g/mol. The van der Waals surface area contributed by atoms with Gasteiger partial charge in [-0.1, -0.05) is 22.0 Å². The quantitative estimate of drug-likeness (QED) is 0.763. The van der Waals surface area contributed by atoms with E-state index in [0.29, 0.717) is 5.69 Å². The Labute approximate surface area is 72.2 Å². The highest BCUT2D eigenvalue weighted by molar-refractivity contribution is 9.09. The van der Waals surface area contributed by atoms with Crippen LogP contribution >= 0.6 is 15.9 Å². The zero-order chi connectivity index (χ0) is 8.27. The molecule has 1 N–H and O–H groups in total. The summed E-state index contributed by atoms with van der Waals surface area (Å²) in [5, 5.41) is 8.55. The summed E-state index contributed by atoms with van der Waals surface area (Å²) in [5.74, 6) is -0.927. The summed E-state index contributed by atoms with van der Waals surface area (Å²) in [5.41, 5.74) is 0.514. The van der Waals surface area contributed by atoms with Gasteiger partial charge in [-0.05, 0) is 12.1 Å². The number of hydrogen-bond donors (Lipinski definition) is 1. The zero-order valence-electron chi connectivity index (χ0n) is 5.57. The Bertz CT molecular complexity index is 250. The highest BCUT2D eigenvalue weighted by atomic mass is 79.9. The van der Waals surface area contributed by atoms with Gasteiger partial charge in [0.2, 0.25) is 0 Å². The van der Waals surface area contributed by atoms with Gasteiger partial charge in [-0.3, -0.25) is 9.78 Å². The summed E-state index contributed by atoms with van der Waals surface area (Å²) in [6.45, 7) is 0. The molecule has 1 aromatic rings. The molecule has 0 radical (unpaired) electrons. The first-order valence-electron chi connectivity index (χ1n) is 2.99. The Hall–Kier alpha value is -0.900. The zero-order valence-corrected chi connectivity index (χ0v) is 7.15. The second-order valence-electron chi connectivity index (χ2n) is 1.96. The molecule has 0 fully saturated rings. The molecule has 0 aromatic carbocycles. The van der Waals surface area contributed by atoms with Crippen LogP contribution in [-0.4, -0.2) is 16.1 Å². The molecule has 58 valence electrons. The predicted molar refractivity (Wildman–Crippen MR) is 43.5 cm³/mol. The van der Waals surface area contributed by atoms with Crippen LogP contribution in [0.3, 0.4) is 0 Å². The number of rotatable bonds is 2. The number of carboxylic acids is 1. The van der Waals surface area contributed by atoms with Crippen molar-refractivity contribution >= 4 is 21.9 Å². The van der Waals surface area contributed by atoms with Gasteiger partial charge in [0.1, 0.15) is 0 Å². The number of hydrogen-bond acceptors (Lipinski definition) is 2. The Morgan fingerprint density at radius 3 is 2.82 bits per heavy atom. The second-order valence-corrected chi connectivity index (χ2v) is 2.87. The molecule has 0 amide bonds. The van der Waals surface area contributed by atoms with E-state index in [1.54, 1.807) is 24.4 Å². The number of nitrogens with zero attached hydrogens (tertiary/aromatic N) is 1. The normalized spacial score (nSPS) is 12.5. The van der Waals surface area contributed by atoms with Gasteiger partial charge < -0.3 is 5.11 Å². The van der Waals surface area contributed by atoms with Gasteiger partial charge in [-0.15, -0.1) is 0 Å². The standard InChI is InChI=1S/C7H6BrNO2/c8-6(7(10)11)5-3-1-2-4-9-5/h1-4,6H,(H,10,11)/t6-/m0/s1. The minimum Gasteiger partial charge on any atom is -0.480 e. The van der Waals surface area contributed by atoms with Crippen molar-refractivity contribution in [2.75, 3.05) is 0 Å². The number of halogens is 1. The van der Waals surface area contributed by atoms with Crippen LogP contribution < -0.4 is 0 Å². The third kappa shape index (κ3) is 2.01. The number of aliphatic carboxylic acids is 1. The summed E-state index contributed by atoms with van der Waals surface area (Å²) in [4.78, 5) is 13.6. The maximum absolute atomic E-state index is 10.4. The van der Waals surface area contributed by atoms with Crippen molar-refractivity contribution in [3.63, 3.8) is 0 Å². The minimum atomic E-state index is -0.927. The summed E-state index contributed by atoms with van der Waals surface area (Å²) in [6.07, 6.45) is 1.56. The third-order valence-corrected chi connectivity index (χ3v) is 2.03. The molecule has 3 nitrogen and oxygen atoms in total. The lowest BCUT2D eigenvalue weighted by atomic mass is 10.3. The Morgan fingerprint density at radius 1 is 1.64 bits per heavy atom. The first kappa shape index (κ1) is 8.20. The van der Waals surface area contributed by atoms with Crippen LogP contribution in [0.1, 0.15) is 10.5 Å². The van der Waals surface area contributed by atoms with Crippen LogP contribution in [0.5, 0.6) is 0 Å². The highest BCUT2D eigenvalue weighted by Crippen LogP contribution is 2.19. The van der Waals surface area contributed by atoms with Crippen LogP contribution in [0.2, 0.25) is 0 Å². The number of alkyl halides is 1. The van der Waals surface area contributed by atoms with E-state index in [2.05, 4.69) is 20.9 Å². The first-order chi connectivity index (χ1) is 5.22. The largest absolute Gasteiger partial charge is 0.480 e. The van der Waals surface area contributed by atoms with Crippen molar-refractivity contribution in [3.8, 4) is 0 Å². The smallest absolute Gasteiger partial charge is 0.323 e. The number of aromatic nitrogens is 1. The van der Waals surface area contributed by atoms with Crippen molar-refractivity contribution < 1.29 is 9.90 Å². The Morgan fingerprint density at radius 2 is 2.36 bits per heavy atom. The van der Waals surface area contributed by atoms with E-state index < -0.39 is 10.8 Å². The van der Waals surface area contributed by atoms with E-state index in [-0.39, 0.29) is 0 Å². The van der Waals surface area contributed by atoms with E-state index in [9.17, 15) is 4.79 Å². The Balaban J connectivity index is 2.85. The average Bonchev–Trinajstić information content (AvgIpc) is 2.05. The molecular weight excluding hydrogens is 210 g/mol. The number of carbonyl (C=O) groups is 1. The molecule has 0 aliphatic carbocycles. The molecule has 0 saturated carbocycles. The molecule has 1 rings (SSSR count). The van der Waals surface area contributed by atoms with Gasteiger partial charge in [0.15, 0.2) is 4.83 Å². The van der Waals surface area contributed by atoms with Gasteiger partial charge in [-0.25, -0.2) is 0 Å². The summed E-state index contributed by atoms with van der Waals surface area (Å²) in [6, 6.07) is 5.15. The van der Waals surface area contributed by atoms with E-state index in [4.69, 9.17) is 5.11 Å². The number of carboxylic acid groups (broad SMARTS) is 1. The predicted octanol–water partition coefficient (Wildman–Crippen LogP) is 1.60. The van der Waals surface area contributed by atoms with Crippen LogP contribution in [0, 0.1) is 0 Å². The van der Waals surface area contributed by atoms with Gasteiger partial charge >= 0.3 is 5.97 Å². The van der Waals surface area contributed by atoms with Gasteiger partial charge in [0, 0.05) is 6.20 Å². The molecule has 1 aromatic heterocycles. The maximum atomic E-state index is 10.4. The lowest BCUT2D eigenvalue weighted by Crippen LogP contribution is -2.05. The summed E-state index contributed by atoms with van der Waals surface area (Å²) >= 11 is 2.99. The first-order valence-corrected chi connectivity index (χ1v) is 3.91. The fourth-order valence-electron chi connectivity index (χ4n) is 0.652. The molecule has 0 aliphatic rings. The summed E-state index contributed by atoms with van der Waals surface area (Å²) < 4.78 is 0. The molecule has 0 aliphatic heterocycles. The second kappa shape index (κ2) is 3.48. The lowest BCUT2D eigenvalue weighted by molar-refractivity contribution is -0.136. The number of pyridine rings is 1. The van der Waals surface area contributed by atoms with Gasteiger partial charge in [0.05, 0.1) is 5.69 Å². The van der Waals surface area contributed by atoms with Crippen molar-refractivity contribution in [1.29, 1.82) is 0 Å². The van der Waals surface area contributed by atoms with Crippen molar-refractivity contribution in [3.05, 3.63) is 30.1 Å². The fraction of sp³-hybridized carbons (Fsp3) is 0.143. The molecule has 4 heteroatoms. The third-order valence-electron chi connectivity index (χ3n) is 1.16. The minimum absolute atomic E-state index is 0.514. The van der Waals surface area contributed by atoms with Crippen molar-refractivity contribution in [2.24, 2.45) is 0 Å². The topological polar surface area (TPSA) is 50.2 Å². The molecule has 11 heavy (non-hydrogen) atoms. The Kier molecular flexibility index (Phi) is 2.59. The SMILES string of the molecule is O=C(O)[C@@H](Br)c1ccccn1. The van der Waals surface area contributed by atoms with Crippen LogP contribution in [-0.2, 0) is 4.79 Å². The van der Waals surface area contributed by atoms with Crippen molar-refractivity contribution in [1.82, 2.24) is 4.98 Å². The molecule has 0 unspecified atom stereocenters. The molecule has 1 heterocycles. The van der Waals surface area contributed by atoms with E-state index in [1.807, 2.05) is 0 Å². The fourth-order valence-corrected chi connectivity index (χ4v) is 0.923. The van der Waals surface area contributed by atoms with Crippen LogP contribution in [0.25, 0.3) is 0 Å². The van der Waals surface area contributed by atoms with Gasteiger partial charge in [0.25, 0.3) is 0 Å². The van der Waals surface area contributed by atoms with Crippen molar-refractivity contribution in [2.45, 2.75) is 4.83 Å². The van der Waals surface area contributed by atoms with Crippen LogP contribution in [0.15, 0.2) is 24.4 Å². The maximum Gasteiger partial charge on any atom is 0.323 e.